The summed E-state index contributed by atoms with van der Waals surface area (Å²) < 4.78 is 26.1. The van der Waals surface area contributed by atoms with Crippen LogP contribution in [0, 0.1) is 11.8 Å². The van der Waals surface area contributed by atoms with Crippen LogP contribution in [0.25, 0.3) is 0 Å². The van der Waals surface area contributed by atoms with Crippen LogP contribution in [0.3, 0.4) is 0 Å². The van der Waals surface area contributed by atoms with Crippen LogP contribution < -0.4 is 10.6 Å². The van der Waals surface area contributed by atoms with Gasteiger partial charge >= 0.3 is 0 Å². The number of alkyl halides is 2. The van der Waals surface area contributed by atoms with E-state index in [4.69, 9.17) is 0 Å². The highest BCUT2D eigenvalue weighted by Gasteiger charge is 2.42. The first kappa shape index (κ1) is 14.7. The van der Waals surface area contributed by atoms with Crippen molar-refractivity contribution in [1.82, 2.24) is 10.6 Å². The lowest BCUT2D eigenvalue weighted by Crippen LogP contribution is -2.46. The molecule has 1 aliphatic carbocycles. The number of carbonyl (C=O) groups excluding carboxylic acids is 1. The molecule has 0 radical (unpaired) electrons. The largest absolute Gasteiger partial charge is 0.352 e. The van der Waals surface area contributed by atoms with Crippen molar-refractivity contribution < 1.29 is 13.6 Å². The van der Waals surface area contributed by atoms with E-state index in [0.717, 1.165) is 31.6 Å². The van der Waals surface area contributed by atoms with E-state index >= 15 is 0 Å². The average molecular weight is 274 g/mol. The molecule has 1 unspecified atom stereocenters. The van der Waals surface area contributed by atoms with Crippen LogP contribution in [0.2, 0.25) is 0 Å². The monoisotopic (exact) mass is 274 g/mol. The SMILES string of the molecule is CC(C)C1CCC(NC(=O)C2CC(F)(F)CN2)CC1. The van der Waals surface area contributed by atoms with Crippen molar-refractivity contribution in [3.63, 3.8) is 0 Å². The van der Waals surface area contributed by atoms with Gasteiger partial charge in [-0.3, -0.25) is 10.1 Å². The molecule has 2 rings (SSSR count). The molecule has 110 valence electrons. The van der Waals surface area contributed by atoms with Crippen molar-refractivity contribution in [2.45, 2.75) is 64.0 Å². The molecular formula is C14H24F2N2O. The molecule has 1 saturated heterocycles. The van der Waals surface area contributed by atoms with Crippen molar-refractivity contribution in [1.29, 1.82) is 0 Å². The Labute approximate surface area is 113 Å². The number of carbonyl (C=O) groups is 1. The Kier molecular flexibility index (Phi) is 4.43. The van der Waals surface area contributed by atoms with E-state index in [1.807, 2.05) is 0 Å². The predicted molar refractivity (Wildman–Crippen MR) is 70.1 cm³/mol. The van der Waals surface area contributed by atoms with E-state index in [1.165, 1.54) is 0 Å². The first-order chi connectivity index (χ1) is 8.87. The van der Waals surface area contributed by atoms with Crippen LogP contribution >= 0.6 is 0 Å². The normalized spacial score (nSPS) is 34.5. The molecule has 3 nitrogen and oxygen atoms in total. The molecular weight excluding hydrogens is 250 g/mol. The first-order valence-corrected chi connectivity index (χ1v) is 7.29. The first-order valence-electron chi connectivity index (χ1n) is 7.29. The topological polar surface area (TPSA) is 41.1 Å². The Morgan fingerprint density at radius 2 is 1.89 bits per heavy atom. The fourth-order valence-electron chi connectivity index (χ4n) is 3.13. The van der Waals surface area contributed by atoms with Gasteiger partial charge in [0.15, 0.2) is 0 Å². The van der Waals surface area contributed by atoms with Crippen LogP contribution in [-0.4, -0.2) is 30.5 Å². The van der Waals surface area contributed by atoms with Crippen molar-refractivity contribution in [2.24, 2.45) is 11.8 Å². The highest BCUT2D eigenvalue weighted by Crippen LogP contribution is 2.30. The van der Waals surface area contributed by atoms with E-state index in [-0.39, 0.29) is 24.9 Å². The van der Waals surface area contributed by atoms with E-state index in [1.54, 1.807) is 0 Å². The van der Waals surface area contributed by atoms with Gasteiger partial charge in [-0.2, -0.15) is 0 Å². The van der Waals surface area contributed by atoms with Crippen LogP contribution in [-0.2, 0) is 4.79 Å². The molecule has 19 heavy (non-hydrogen) atoms. The maximum atomic E-state index is 13.0. The Balaban J connectivity index is 1.75. The molecule has 0 aromatic carbocycles. The molecule has 1 amide bonds. The highest BCUT2D eigenvalue weighted by atomic mass is 19.3. The number of hydrogen-bond donors (Lipinski definition) is 2. The fraction of sp³-hybridized carbons (Fsp3) is 0.929. The van der Waals surface area contributed by atoms with Crippen molar-refractivity contribution in [3.8, 4) is 0 Å². The van der Waals surface area contributed by atoms with Gasteiger partial charge in [-0.1, -0.05) is 13.8 Å². The second kappa shape index (κ2) is 5.73. The predicted octanol–water partition coefficient (Wildman–Crippen LogP) is 2.31. The van der Waals surface area contributed by atoms with Gasteiger partial charge < -0.3 is 5.32 Å². The van der Waals surface area contributed by atoms with Gasteiger partial charge in [-0.05, 0) is 37.5 Å². The smallest absolute Gasteiger partial charge is 0.262 e. The lowest BCUT2D eigenvalue weighted by atomic mass is 9.79. The van der Waals surface area contributed by atoms with Crippen molar-refractivity contribution >= 4 is 5.91 Å². The van der Waals surface area contributed by atoms with E-state index in [0.29, 0.717) is 5.92 Å². The summed E-state index contributed by atoms with van der Waals surface area (Å²) in [6, 6.07) is -0.559. The van der Waals surface area contributed by atoms with Crippen molar-refractivity contribution in [3.05, 3.63) is 0 Å². The highest BCUT2D eigenvalue weighted by molar-refractivity contribution is 5.82. The summed E-state index contributed by atoms with van der Waals surface area (Å²) in [5, 5.41) is 5.52. The maximum absolute atomic E-state index is 13.0. The third kappa shape index (κ3) is 3.88. The average Bonchev–Trinajstić information content (AvgIpc) is 2.70. The minimum absolute atomic E-state index is 0.165. The number of rotatable bonds is 3. The number of nitrogens with one attached hydrogen (secondary N) is 2. The molecule has 0 bridgehead atoms. The zero-order chi connectivity index (χ0) is 14.0. The summed E-state index contributed by atoms with van der Waals surface area (Å²) >= 11 is 0. The van der Waals surface area contributed by atoms with Gasteiger partial charge in [0.05, 0.1) is 12.6 Å². The molecule has 5 heteroatoms. The van der Waals surface area contributed by atoms with Gasteiger partial charge in [0.1, 0.15) is 0 Å². The molecule has 1 heterocycles. The Hall–Kier alpha value is -0.710. The molecule has 1 saturated carbocycles. The minimum Gasteiger partial charge on any atom is -0.352 e. The zero-order valence-corrected chi connectivity index (χ0v) is 11.7. The molecule has 1 atom stereocenters. The summed E-state index contributed by atoms with van der Waals surface area (Å²) in [4.78, 5) is 11.9. The van der Waals surface area contributed by atoms with E-state index in [9.17, 15) is 13.6 Å². The summed E-state index contributed by atoms with van der Waals surface area (Å²) in [6.07, 6.45) is 3.81. The van der Waals surface area contributed by atoms with Gasteiger partial charge in [0.2, 0.25) is 5.91 Å². The van der Waals surface area contributed by atoms with Gasteiger partial charge in [0.25, 0.3) is 5.92 Å². The van der Waals surface area contributed by atoms with Crippen LogP contribution in [0.4, 0.5) is 8.78 Å². The van der Waals surface area contributed by atoms with E-state index < -0.39 is 12.0 Å². The summed E-state index contributed by atoms with van der Waals surface area (Å²) in [7, 11) is 0. The quantitative estimate of drug-likeness (QED) is 0.829. The third-order valence-electron chi connectivity index (χ3n) is 4.49. The Morgan fingerprint density at radius 3 is 2.37 bits per heavy atom. The molecule has 1 aliphatic heterocycles. The Morgan fingerprint density at radius 1 is 1.26 bits per heavy atom. The fourth-order valence-corrected chi connectivity index (χ4v) is 3.13. The van der Waals surface area contributed by atoms with Gasteiger partial charge in [-0.15, -0.1) is 0 Å². The molecule has 2 N–H and O–H groups in total. The lowest BCUT2D eigenvalue weighted by molar-refractivity contribution is -0.124. The summed E-state index contributed by atoms with van der Waals surface area (Å²) in [5.74, 6) is -1.57. The molecule has 0 aromatic rings. The second-order valence-corrected chi connectivity index (χ2v) is 6.36. The van der Waals surface area contributed by atoms with Crippen molar-refractivity contribution in [2.75, 3.05) is 6.54 Å². The van der Waals surface area contributed by atoms with E-state index in [2.05, 4.69) is 24.5 Å². The zero-order valence-electron chi connectivity index (χ0n) is 11.7. The summed E-state index contributed by atoms with van der Waals surface area (Å²) in [6.45, 7) is 4.08. The van der Waals surface area contributed by atoms with Gasteiger partial charge in [-0.25, -0.2) is 8.78 Å². The number of hydrogen-bond acceptors (Lipinski definition) is 2. The maximum Gasteiger partial charge on any atom is 0.262 e. The third-order valence-corrected chi connectivity index (χ3v) is 4.49. The molecule has 0 spiro atoms. The number of halogens is 2. The minimum atomic E-state index is -2.74. The number of amides is 1. The van der Waals surface area contributed by atoms with Crippen LogP contribution in [0.1, 0.15) is 46.0 Å². The Bertz CT molecular complexity index is 325. The van der Waals surface area contributed by atoms with Gasteiger partial charge in [0, 0.05) is 12.5 Å². The molecule has 2 aliphatic rings. The second-order valence-electron chi connectivity index (χ2n) is 6.36. The molecule has 2 fully saturated rings. The van der Waals surface area contributed by atoms with Crippen LogP contribution in [0.15, 0.2) is 0 Å². The summed E-state index contributed by atoms with van der Waals surface area (Å²) in [5.41, 5.74) is 0. The standard InChI is InChI=1S/C14H24F2N2O/c1-9(2)10-3-5-11(6-4-10)18-13(19)12-7-14(15,16)8-17-12/h9-12,17H,3-8H2,1-2H3,(H,18,19). The molecule has 0 aromatic heterocycles. The lowest BCUT2D eigenvalue weighted by Gasteiger charge is -2.31. The van der Waals surface area contributed by atoms with Crippen LogP contribution in [0.5, 0.6) is 0 Å².